The number of amidine groups is 1. The molecule has 1 aromatic carbocycles. The highest BCUT2D eigenvalue weighted by atomic mass is 16.7. The highest BCUT2D eigenvalue weighted by Gasteiger charge is 2.47. The van der Waals surface area contributed by atoms with Crippen LogP contribution in [0.1, 0.15) is 88.7 Å². The average Bonchev–Trinajstić information content (AvgIpc) is 3.52. The fourth-order valence-corrected chi connectivity index (χ4v) is 6.18. The molecule has 266 valence electrons. The number of likely N-dealkylation sites (tertiary alicyclic amines) is 1. The third kappa shape index (κ3) is 11.5. The molecule has 2 amide bonds. The number of allylic oxidation sites excluding steroid dienone is 4. The second-order valence-corrected chi connectivity index (χ2v) is 11.3. The molecule has 3 unspecified atom stereocenters. The van der Waals surface area contributed by atoms with Crippen molar-refractivity contribution in [1.82, 2.24) is 15.3 Å². The van der Waals surface area contributed by atoms with E-state index in [-0.39, 0.29) is 24.5 Å². The van der Waals surface area contributed by atoms with E-state index in [0.717, 1.165) is 35.1 Å². The smallest absolute Gasteiger partial charge is 0.248 e. The highest BCUT2D eigenvalue weighted by Crippen LogP contribution is 2.46. The molecule has 3 atom stereocenters. The Morgan fingerprint density at radius 2 is 1.94 bits per heavy atom. The van der Waals surface area contributed by atoms with Crippen LogP contribution in [0.15, 0.2) is 71.9 Å². The molecule has 0 radical (unpaired) electrons. The monoisotopic (exact) mass is 665 g/mol. The summed E-state index contributed by atoms with van der Waals surface area (Å²) < 4.78 is 0. The van der Waals surface area contributed by atoms with Crippen LogP contribution in [0.3, 0.4) is 0 Å². The first-order chi connectivity index (χ1) is 22.9. The first-order valence-corrected chi connectivity index (χ1v) is 16.4. The molecule has 3 rings (SSSR count). The third-order valence-electron chi connectivity index (χ3n) is 7.95. The number of aliphatic hydroxyl groups is 1. The van der Waals surface area contributed by atoms with Crippen LogP contribution in [0, 0.1) is 11.3 Å². The molecule has 1 fully saturated rings. The minimum absolute atomic E-state index is 0.0946. The van der Waals surface area contributed by atoms with Crippen molar-refractivity contribution in [3.8, 4) is 6.07 Å². The highest BCUT2D eigenvalue weighted by molar-refractivity contribution is 5.98. The molecular formula is C37H59N7O4. The number of nitrogens with one attached hydrogen (secondary N) is 1. The maximum atomic E-state index is 13.0. The number of hydrogen-bond donors (Lipinski definition) is 4. The van der Waals surface area contributed by atoms with Gasteiger partial charge in [0.2, 0.25) is 11.8 Å². The molecule has 11 nitrogen and oxygen atoms in total. The lowest BCUT2D eigenvalue weighted by Crippen LogP contribution is -2.51. The topological polar surface area (TPSA) is 170 Å². The number of nitrogens with zero attached hydrogens (tertiary/aromatic N) is 4. The maximum Gasteiger partial charge on any atom is 0.248 e. The molecule has 0 bridgehead atoms. The van der Waals surface area contributed by atoms with Gasteiger partial charge < -0.3 is 26.8 Å². The van der Waals surface area contributed by atoms with Crippen LogP contribution in [-0.4, -0.2) is 78.8 Å². The predicted octanol–water partition coefficient (Wildman–Crippen LogP) is 4.89. The Balaban J connectivity index is 0.00000252. The molecule has 11 heteroatoms. The first kappa shape index (κ1) is 43.8. The number of aliphatic hydroxyl groups excluding tert-OH is 1. The zero-order chi connectivity index (χ0) is 37.0. The van der Waals surface area contributed by atoms with Crippen LogP contribution in [-0.2, 0) is 21.5 Å². The Kier molecular flexibility index (Phi) is 20.4. The number of hydrogen-bond acceptors (Lipinski definition) is 8. The summed E-state index contributed by atoms with van der Waals surface area (Å²) in [7, 11) is 3.40. The number of nitrogens with two attached hydrogens (primary N) is 2. The summed E-state index contributed by atoms with van der Waals surface area (Å²) in [5, 5.41) is 23.9. The lowest BCUT2D eigenvalue weighted by Gasteiger charge is -2.42. The fourth-order valence-electron chi connectivity index (χ4n) is 6.18. The first-order valence-electron chi connectivity index (χ1n) is 16.4. The second kappa shape index (κ2) is 22.4. The van der Waals surface area contributed by atoms with Gasteiger partial charge in [-0.3, -0.25) is 14.6 Å². The zero-order valence-corrected chi connectivity index (χ0v) is 30.4. The van der Waals surface area contributed by atoms with Gasteiger partial charge in [0.1, 0.15) is 11.9 Å². The van der Waals surface area contributed by atoms with Crippen LogP contribution in [0.5, 0.6) is 0 Å². The number of carbonyl (C=O) groups excluding carboxylic acids is 2. The predicted molar refractivity (Wildman–Crippen MR) is 196 cm³/mol. The molecular weight excluding hydrogens is 606 g/mol. The van der Waals surface area contributed by atoms with Crippen LogP contribution in [0.4, 0.5) is 0 Å². The Bertz CT molecular complexity index is 1340. The van der Waals surface area contributed by atoms with Gasteiger partial charge in [0, 0.05) is 32.2 Å². The van der Waals surface area contributed by atoms with Gasteiger partial charge in [0.15, 0.2) is 6.79 Å². The summed E-state index contributed by atoms with van der Waals surface area (Å²) in [6, 6.07) is 7.21. The van der Waals surface area contributed by atoms with Crippen molar-refractivity contribution < 1.29 is 19.5 Å². The lowest BCUT2D eigenvalue weighted by molar-refractivity contribution is -0.152. The van der Waals surface area contributed by atoms with Crippen molar-refractivity contribution in [3.63, 3.8) is 0 Å². The molecule has 0 saturated carbocycles. The van der Waals surface area contributed by atoms with Crippen molar-refractivity contribution in [1.29, 1.82) is 5.26 Å². The van der Waals surface area contributed by atoms with Crippen LogP contribution in [0.2, 0.25) is 0 Å². The quantitative estimate of drug-likeness (QED) is 0.0900. The van der Waals surface area contributed by atoms with E-state index in [1.165, 1.54) is 5.06 Å². The minimum Gasteiger partial charge on any atom is -0.403 e. The number of hydroxylamine groups is 2. The lowest BCUT2D eigenvalue weighted by atomic mass is 9.66. The van der Waals surface area contributed by atoms with Crippen molar-refractivity contribution >= 4 is 17.6 Å². The molecule has 0 aromatic heterocycles. The fraction of sp³-hybridized carbons (Fsp3) is 0.514. The van der Waals surface area contributed by atoms with E-state index >= 15 is 0 Å². The molecule has 1 aliphatic carbocycles. The molecule has 6 N–H and O–H groups in total. The van der Waals surface area contributed by atoms with Gasteiger partial charge in [-0.2, -0.15) is 5.26 Å². The maximum absolute atomic E-state index is 13.0. The number of benzene rings is 1. The molecule has 1 aliphatic heterocycles. The van der Waals surface area contributed by atoms with E-state index in [1.54, 1.807) is 32.0 Å². The van der Waals surface area contributed by atoms with E-state index in [2.05, 4.69) is 44.1 Å². The third-order valence-corrected chi connectivity index (χ3v) is 7.95. The standard InChI is InChI=1S/C30H42N6O4.C3H7N.C2H6.C2H4/c1-6-8-25-20(2)10-11-22-15-23(28(32)39)12-13-26(22)30(25,29(33-4)35(5)40-19-37)16-21(3)34-18-27(38)36-14-7-9-24(36)17-31;1-3(2)4;2*1-2/h6,8,12-13,15,21,24,34,37H,7,9-11,14,16,18-19H2,1-5H3,(H2,32,39);1,4H2,2H3;1-2H3;1-2H2/b8-6-,33-29?;;;. The Hall–Kier alpha value is -4.24. The molecule has 1 heterocycles. The number of nitriles is 1. The summed E-state index contributed by atoms with van der Waals surface area (Å²) in [4.78, 5) is 37.0. The number of primary amides is 1. The van der Waals surface area contributed by atoms with Crippen molar-refractivity contribution in [2.45, 2.75) is 91.1 Å². The van der Waals surface area contributed by atoms with Crippen LogP contribution in [0.25, 0.3) is 0 Å². The Labute approximate surface area is 288 Å². The number of aliphatic imine (C=N–C) groups is 1. The molecule has 2 aliphatic rings. The van der Waals surface area contributed by atoms with E-state index in [0.29, 0.717) is 42.9 Å². The Morgan fingerprint density at radius 1 is 1.31 bits per heavy atom. The van der Waals surface area contributed by atoms with E-state index in [4.69, 9.17) is 21.3 Å². The summed E-state index contributed by atoms with van der Waals surface area (Å²) >= 11 is 0. The minimum atomic E-state index is -0.852. The molecule has 48 heavy (non-hydrogen) atoms. The molecule has 1 aromatic rings. The normalized spacial score (nSPS) is 19.2. The number of aryl methyl sites for hydroxylation is 1. The summed E-state index contributed by atoms with van der Waals surface area (Å²) in [5.74, 6) is -0.0110. The SMILES string of the molecule is C/C=C\C1=C(C)CCc2cc(C(N)=O)ccc2C1(CC(C)NCC(=O)N1CCCC1C#N)C(=NC)N(C)OCO.C=C.C=C(C)N.CC. The van der Waals surface area contributed by atoms with Gasteiger partial charge >= 0.3 is 0 Å². The van der Waals surface area contributed by atoms with E-state index in [1.807, 2.05) is 45.9 Å². The molecule has 1 saturated heterocycles. The van der Waals surface area contributed by atoms with Gasteiger partial charge in [-0.25, -0.2) is 9.90 Å². The zero-order valence-electron chi connectivity index (χ0n) is 30.4. The van der Waals surface area contributed by atoms with Gasteiger partial charge in [0.05, 0.1) is 18.0 Å². The van der Waals surface area contributed by atoms with Crippen LogP contribution < -0.4 is 16.8 Å². The van der Waals surface area contributed by atoms with Crippen molar-refractivity contribution in [2.75, 3.05) is 34.0 Å². The van der Waals surface area contributed by atoms with Gasteiger partial charge in [-0.15, -0.1) is 13.2 Å². The number of amides is 2. The number of carbonyl (C=O) groups is 2. The summed E-state index contributed by atoms with van der Waals surface area (Å²) in [6.07, 6.45) is 7.58. The molecule has 0 spiro atoms. The second-order valence-electron chi connectivity index (χ2n) is 11.3. The van der Waals surface area contributed by atoms with Gasteiger partial charge in [0.25, 0.3) is 0 Å². The number of fused-ring (bicyclic) bond motifs is 1. The van der Waals surface area contributed by atoms with Gasteiger partial charge in [-0.1, -0.05) is 44.2 Å². The largest absolute Gasteiger partial charge is 0.403 e. The van der Waals surface area contributed by atoms with Gasteiger partial charge in [-0.05, 0) is 94.3 Å². The average molecular weight is 666 g/mol. The van der Waals surface area contributed by atoms with E-state index < -0.39 is 18.1 Å². The summed E-state index contributed by atoms with van der Waals surface area (Å²) in [6.45, 7) is 21.3. The summed E-state index contributed by atoms with van der Waals surface area (Å²) in [5.41, 5.74) is 14.9. The number of likely N-dealkylation sites (N-methyl/N-ethyl adjacent to an activating group) is 1. The Morgan fingerprint density at radius 3 is 2.46 bits per heavy atom. The van der Waals surface area contributed by atoms with E-state index in [9.17, 15) is 20.0 Å². The van der Waals surface area contributed by atoms with Crippen LogP contribution >= 0.6 is 0 Å². The van der Waals surface area contributed by atoms with Crippen molar-refractivity contribution in [2.24, 2.45) is 16.5 Å². The van der Waals surface area contributed by atoms with Crippen molar-refractivity contribution in [3.05, 3.63) is 83.6 Å². The number of rotatable bonds is 10.